The minimum atomic E-state index is -0.493. The molecule has 0 atom stereocenters. The zero-order valence-electron chi connectivity index (χ0n) is 19.7. The summed E-state index contributed by atoms with van der Waals surface area (Å²) in [7, 11) is 8.95. The van der Waals surface area contributed by atoms with Crippen molar-refractivity contribution in [1.29, 1.82) is 0 Å². The van der Waals surface area contributed by atoms with Gasteiger partial charge in [0, 0.05) is 0 Å². The number of aromatic amines is 2. The van der Waals surface area contributed by atoms with Crippen LogP contribution in [0.2, 0.25) is 0 Å². The van der Waals surface area contributed by atoms with Gasteiger partial charge in [0.05, 0.1) is 42.7 Å². The van der Waals surface area contributed by atoms with E-state index in [4.69, 9.17) is 28.4 Å². The molecule has 0 aliphatic heterocycles. The van der Waals surface area contributed by atoms with Gasteiger partial charge in [0.25, 0.3) is 11.1 Å². The average molecular weight is 470 g/mol. The van der Waals surface area contributed by atoms with Crippen LogP contribution in [0.5, 0.6) is 34.5 Å². The Labute approximate surface area is 195 Å². The largest absolute Gasteiger partial charge is 0.493 e. The average Bonchev–Trinajstić information content (AvgIpc) is 2.85. The lowest BCUT2D eigenvalue weighted by atomic mass is 10.1. The molecule has 0 radical (unpaired) electrons. The van der Waals surface area contributed by atoms with Gasteiger partial charge in [0.15, 0.2) is 23.0 Å². The van der Waals surface area contributed by atoms with E-state index in [1.54, 1.807) is 24.3 Å². The van der Waals surface area contributed by atoms with Gasteiger partial charge >= 0.3 is 0 Å². The number of aromatic nitrogens is 2. The first-order valence-corrected chi connectivity index (χ1v) is 10.0. The van der Waals surface area contributed by atoms with Crippen molar-refractivity contribution in [3.8, 4) is 34.5 Å². The van der Waals surface area contributed by atoms with Gasteiger partial charge < -0.3 is 38.4 Å². The van der Waals surface area contributed by atoms with Gasteiger partial charge in [0.2, 0.25) is 11.5 Å². The molecular weight excluding hydrogens is 444 g/mol. The number of ether oxygens (including phenoxy) is 6. The number of benzene rings is 2. The Morgan fingerprint density at radius 3 is 1.06 bits per heavy atom. The molecule has 0 saturated carbocycles. The monoisotopic (exact) mass is 470 g/mol. The standard InChI is InChI=1S/C24H26N2O8/c1-29-17-9-13(10-18(30-2)21(17)33-5)7-15-23(27)26-16(24(28)25-15)8-14-11-19(31-3)22(34-6)20(12-14)32-4/h7-12H,1-6H3,(H,25,28)(H,26,27)/b15-7-,16-8+. The van der Waals surface area contributed by atoms with Crippen molar-refractivity contribution in [3.05, 3.63) is 66.8 Å². The van der Waals surface area contributed by atoms with Crippen molar-refractivity contribution in [2.24, 2.45) is 0 Å². The maximum Gasteiger partial charge on any atom is 0.272 e. The minimum Gasteiger partial charge on any atom is -0.493 e. The van der Waals surface area contributed by atoms with E-state index in [1.807, 2.05) is 0 Å². The summed E-state index contributed by atoms with van der Waals surface area (Å²) in [5.74, 6) is 2.50. The van der Waals surface area contributed by atoms with Gasteiger partial charge in [-0.05, 0) is 47.5 Å². The van der Waals surface area contributed by atoms with Crippen LogP contribution in [-0.2, 0) is 0 Å². The molecule has 0 bridgehead atoms. The van der Waals surface area contributed by atoms with Gasteiger partial charge in [-0.2, -0.15) is 0 Å². The Bertz CT molecular complexity index is 1260. The molecule has 2 aromatic carbocycles. The van der Waals surface area contributed by atoms with Crippen LogP contribution in [-0.4, -0.2) is 52.6 Å². The van der Waals surface area contributed by atoms with Crippen molar-refractivity contribution in [2.45, 2.75) is 0 Å². The molecular formula is C24H26N2O8. The van der Waals surface area contributed by atoms with E-state index in [0.29, 0.717) is 45.6 Å². The highest BCUT2D eigenvalue weighted by atomic mass is 16.5. The number of rotatable bonds is 8. The van der Waals surface area contributed by atoms with Crippen molar-refractivity contribution in [3.63, 3.8) is 0 Å². The molecule has 3 rings (SSSR count). The number of methoxy groups -OCH3 is 6. The molecule has 1 aromatic heterocycles. The number of hydrogen-bond acceptors (Lipinski definition) is 8. The van der Waals surface area contributed by atoms with E-state index in [2.05, 4.69) is 9.97 Å². The maximum atomic E-state index is 12.7. The van der Waals surface area contributed by atoms with Crippen LogP contribution < -0.4 is 50.2 Å². The summed E-state index contributed by atoms with van der Waals surface area (Å²) in [5.41, 5.74) is 0.146. The number of hydrogen-bond donors (Lipinski definition) is 2. The number of nitrogens with one attached hydrogen (secondary N) is 2. The van der Waals surface area contributed by atoms with E-state index in [-0.39, 0.29) is 10.7 Å². The van der Waals surface area contributed by atoms with Crippen LogP contribution in [0.15, 0.2) is 33.9 Å². The van der Waals surface area contributed by atoms with Crippen LogP contribution in [0.3, 0.4) is 0 Å². The summed E-state index contributed by atoms with van der Waals surface area (Å²) in [6.45, 7) is 0. The Hall–Kier alpha value is -4.34. The lowest BCUT2D eigenvalue weighted by Gasteiger charge is -2.12. The summed E-state index contributed by atoms with van der Waals surface area (Å²) in [4.78, 5) is 30.7. The van der Waals surface area contributed by atoms with E-state index >= 15 is 0 Å². The van der Waals surface area contributed by atoms with Crippen LogP contribution in [0.4, 0.5) is 0 Å². The molecule has 0 amide bonds. The van der Waals surface area contributed by atoms with Gasteiger partial charge in [0.1, 0.15) is 10.7 Å². The molecule has 0 spiro atoms. The van der Waals surface area contributed by atoms with Gasteiger partial charge in [-0.1, -0.05) is 0 Å². The molecule has 10 heteroatoms. The van der Waals surface area contributed by atoms with Crippen molar-refractivity contribution < 1.29 is 28.4 Å². The molecule has 0 aliphatic carbocycles. The smallest absolute Gasteiger partial charge is 0.272 e. The van der Waals surface area contributed by atoms with Gasteiger partial charge in [-0.3, -0.25) is 9.59 Å². The van der Waals surface area contributed by atoms with Gasteiger partial charge in [-0.25, -0.2) is 0 Å². The lowest BCUT2D eigenvalue weighted by molar-refractivity contribution is 0.324. The second kappa shape index (κ2) is 10.5. The highest BCUT2D eigenvalue weighted by molar-refractivity contribution is 5.63. The van der Waals surface area contributed by atoms with Crippen LogP contribution >= 0.6 is 0 Å². The quantitative estimate of drug-likeness (QED) is 0.495. The predicted octanol–water partition coefficient (Wildman–Crippen LogP) is 0.772. The summed E-state index contributed by atoms with van der Waals surface area (Å²) in [6, 6.07) is 6.65. The molecule has 180 valence electrons. The second-order valence-electron chi connectivity index (χ2n) is 6.94. The Morgan fingerprint density at radius 1 is 0.529 bits per heavy atom. The van der Waals surface area contributed by atoms with Crippen LogP contribution in [0, 0.1) is 0 Å². The van der Waals surface area contributed by atoms with E-state index in [9.17, 15) is 9.59 Å². The molecule has 0 aliphatic rings. The minimum absolute atomic E-state index is 0.0568. The zero-order valence-corrected chi connectivity index (χ0v) is 19.7. The molecule has 0 unspecified atom stereocenters. The third-order valence-corrected chi connectivity index (χ3v) is 4.98. The fourth-order valence-corrected chi connectivity index (χ4v) is 3.40. The fraction of sp³-hybridized carbons (Fsp3) is 0.250. The van der Waals surface area contributed by atoms with Crippen LogP contribution in [0.1, 0.15) is 11.1 Å². The van der Waals surface area contributed by atoms with E-state index in [0.717, 1.165) is 0 Å². The first-order valence-electron chi connectivity index (χ1n) is 10.0. The third-order valence-electron chi connectivity index (χ3n) is 4.98. The molecule has 2 N–H and O–H groups in total. The first-order chi connectivity index (χ1) is 16.4. The Balaban J connectivity index is 2.15. The molecule has 10 nitrogen and oxygen atoms in total. The summed E-state index contributed by atoms with van der Waals surface area (Å²) >= 11 is 0. The normalized spacial score (nSPS) is 11.8. The molecule has 34 heavy (non-hydrogen) atoms. The SMILES string of the molecule is COc1cc(/C=c2\[nH]c(=O)/c(=C\c3cc(OC)c(OC)c(OC)c3)[nH]c2=O)cc(OC)c1OC. The maximum absolute atomic E-state index is 12.7. The van der Waals surface area contributed by atoms with Crippen molar-refractivity contribution in [1.82, 2.24) is 9.97 Å². The lowest BCUT2D eigenvalue weighted by Crippen LogP contribution is -2.46. The predicted molar refractivity (Wildman–Crippen MR) is 126 cm³/mol. The second-order valence-corrected chi connectivity index (χ2v) is 6.94. The summed E-state index contributed by atoms with van der Waals surface area (Å²) < 4.78 is 31.9. The highest BCUT2D eigenvalue weighted by Crippen LogP contribution is 2.39. The van der Waals surface area contributed by atoms with E-state index < -0.39 is 11.1 Å². The van der Waals surface area contributed by atoms with Crippen molar-refractivity contribution >= 4 is 12.2 Å². The van der Waals surface area contributed by atoms with Crippen molar-refractivity contribution in [2.75, 3.05) is 42.7 Å². The Kier molecular flexibility index (Phi) is 7.52. The molecule has 3 aromatic rings. The first kappa shape index (κ1) is 24.3. The highest BCUT2D eigenvalue weighted by Gasteiger charge is 2.14. The summed E-state index contributed by atoms with van der Waals surface area (Å²) in [5, 5.41) is 0.114. The number of H-pyrrole nitrogens is 2. The van der Waals surface area contributed by atoms with Gasteiger partial charge in [-0.15, -0.1) is 0 Å². The van der Waals surface area contributed by atoms with Crippen LogP contribution in [0.25, 0.3) is 12.2 Å². The topological polar surface area (TPSA) is 121 Å². The fourth-order valence-electron chi connectivity index (χ4n) is 3.40. The molecule has 1 heterocycles. The molecule has 0 fully saturated rings. The third kappa shape index (κ3) is 4.85. The zero-order chi connectivity index (χ0) is 24.8. The Morgan fingerprint density at radius 2 is 0.824 bits per heavy atom. The van der Waals surface area contributed by atoms with E-state index in [1.165, 1.54) is 54.8 Å². The summed E-state index contributed by atoms with van der Waals surface area (Å²) in [6.07, 6.45) is 3.02. The molecule has 0 saturated heterocycles.